The monoisotopic (exact) mass is 304 g/mol. The summed E-state index contributed by atoms with van der Waals surface area (Å²) < 4.78 is 21.9. The highest BCUT2D eigenvalue weighted by Gasteiger charge is 2.13. The van der Waals surface area contributed by atoms with Gasteiger partial charge in [0.05, 0.1) is 27.0 Å². The molecule has 2 nitrogen and oxygen atoms in total. The minimum absolute atomic E-state index is 0.351. The SMILES string of the molecule is CCCCC(CC)CS(=O)(=O)I. The fraction of sp³-hybridized carbons (Fsp3) is 1.00. The molecule has 0 aliphatic heterocycles. The smallest absolute Gasteiger partial charge is 0.203 e. The van der Waals surface area contributed by atoms with E-state index in [0.717, 1.165) is 25.7 Å². The molecule has 0 spiro atoms. The van der Waals surface area contributed by atoms with Crippen LogP contribution in [0.25, 0.3) is 0 Å². The first-order chi connectivity index (χ1) is 5.49. The Labute approximate surface area is 87.6 Å². The summed E-state index contributed by atoms with van der Waals surface area (Å²) in [5.41, 5.74) is 0. The third kappa shape index (κ3) is 7.34. The van der Waals surface area contributed by atoms with Crippen LogP contribution in [0.15, 0.2) is 0 Å². The molecule has 0 bridgehead atoms. The van der Waals surface area contributed by atoms with Crippen LogP contribution in [0.1, 0.15) is 39.5 Å². The molecule has 74 valence electrons. The minimum atomic E-state index is -2.80. The fourth-order valence-corrected chi connectivity index (χ4v) is 3.67. The van der Waals surface area contributed by atoms with E-state index in [1.54, 1.807) is 0 Å². The highest BCUT2D eigenvalue weighted by Crippen LogP contribution is 2.17. The van der Waals surface area contributed by atoms with Crippen LogP contribution in [0.4, 0.5) is 0 Å². The lowest BCUT2D eigenvalue weighted by molar-refractivity contribution is 0.488. The molecule has 0 heterocycles. The molecule has 0 aliphatic carbocycles. The van der Waals surface area contributed by atoms with Crippen molar-refractivity contribution in [3.05, 3.63) is 0 Å². The third-order valence-corrected chi connectivity index (χ3v) is 3.93. The quantitative estimate of drug-likeness (QED) is 0.558. The maximum absolute atomic E-state index is 11.0. The van der Waals surface area contributed by atoms with Crippen molar-refractivity contribution in [2.75, 3.05) is 5.75 Å². The molecule has 12 heavy (non-hydrogen) atoms. The predicted octanol–water partition coefficient (Wildman–Crippen LogP) is 2.97. The van der Waals surface area contributed by atoms with Crippen molar-refractivity contribution in [3.63, 3.8) is 0 Å². The van der Waals surface area contributed by atoms with Crippen LogP contribution >= 0.6 is 21.2 Å². The predicted molar refractivity (Wildman–Crippen MR) is 61.1 cm³/mol. The van der Waals surface area contributed by atoms with Gasteiger partial charge >= 0.3 is 0 Å². The second-order valence-electron chi connectivity index (χ2n) is 3.12. The first kappa shape index (κ1) is 12.7. The highest BCUT2D eigenvalue weighted by molar-refractivity contribution is 14.2. The van der Waals surface area contributed by atoms with E-state index in [2.05, 4.69) is 13.8 Å². The second-order valence-corrected chi connectivity index (χ2v) is 8.56. The average molecular weight is 304 g/mol. The van der Waals surface area contributed by atoms with Crippen molar-refractivity contribution in [3.8, 4) is 0 Å². The lowest BCUT2D eigenvalue weighted by Crippen LogP contribution is -2.10. The molecule has 0 amide bonds. The van der Waals surface area contributed by atoms with Gasteiger partial charge in [-0.15, -0.1) is 0 Å². The van der Waals surface area contributed by atoms with Crippen molar-refractivity contribution in [1.82, 2.24) is 0 Å². The highest BCUT2D eigenvalue weighted by atomic mass is 127. The molecule has 0 aliphatic rings. The summed E-state index contributed by atoms with van der Waals surface area (Å²) in [5.74, 6) is 0.719. The molecule has 0 aromatic heterocycles. The van der Waals surface area contributed by atoms with Crippen LogP contribution in [0.5, 0.6) is 0 Å². The summed E-state index contributed by atoms with van der Waals surface area (Å²) in [6.45, 7) is 4.19. The van der Waals surface area contributed by atoms with Gasteiger partial charge in [-0.2, -0.15) is 0 Å². The van der Waals surface area contributed by atoms with E-state index >= 15 is 0 Å². The summed E-state index contributed by atoms with van der Waals surface area (Å²) >= 11 is 1.54. The molecule has 4 heteroatoms. The van der Waals surface area contributed by atoms with Gasteiger partial charge in [0.15, 0.2) is 0 Å². The van der Waals surface area contributed by atoms with Gasteiger partial charge in [0.25, 0.3) is 0 Å². The van der Waals surface area contributed by atoms with Crippen molar-refractivity contribution >= 4 is 28.2 Å². The number of unbranched alkanes of at least 4 members (excludes halogenated alkanes) is 1. The molecule has 0 rings (SSSR count). The van der Waals surface area contributed by atoms with Gasteiger partial charge in [0.2, 0.25) is 7.01 Å². The number of hydrogen-bond donors (Lipinski definition) is 0. The molecule has 0 saturated carbocycles. The first-order valence-electron chi connectivity index (χ1n) is 4.42. The van der Waals surface area contributed by atoms with E-state index < -0.39 is 7.01 Å². The number of rotatable bonds is 6. The molecule has 0 radical (unpaired) electrons. The van der Waals surface area contributed by atoms with E-state index in [1.165, 1.54) is 21.2 Å². The number of hydrogen-bond acceptors (Lipinski definition) is 2. The van der Waals surface area contributed by atoms with Gasteiger partial charge in [0.1, 0.15) is 0 Å². The van der Waals surface area contributed by atoms with Crippen molar-refractivity contribution in [2.45, 2.75) is 39.5 Å². The average Bonchev–Trinajstić information content (AvgIpc) is 1.95. The minimum Gasteiger partial charge on any atom is -0.218 e. The van der Waals surface area contributed by atoms with Crippen LogP contribution in [0.2, 0.25) is 0 Å². The molecular formula is C8H17IO2S. The Bertz CT molecular complexity index is 199. The van der Waals surface area contributed by atoms with Gasteiger partial charge in [-0.05, 0) is 12.3 Å². The van der Waals surface area contributed by atoms with Gasteiger partial charge in [-0.1, -0.05) is 33.1 Å². The molecule has 0 fully saturated rings. The Morgan fingerprint density at radius 3 is 2.25 bits per heavy atom. The van der Waals surface area contributed by atoms with Crippen LogP contribution < -0.4 is 0 Å². The maximum Gasteiger partial charge on any atom is 0.203 e. The van der Waals surface area contributed by atoms with E-state index in [9.17, 15) is 8.42 Å². The van der Waals surface area contributed by atoms with E-state index in [0.29, 0.717) is 11.7 Å². The molecular weight excluding hydrogens is 287 g/mol. The molecule has 0 aromatic carbocycles. The second kappa shape index (κ2) is 6.18. The van der Waals surface area contributed by atoms with E-state index in [4.69, 9.17) is 0 Å². The summed E-state index contributed by atoms with van der Waals surface area (Å²) in [4.78, 5) is 0. The van der Waals surface area contributed by atoms with Crippen LogP contribution in [0.3, 0.4) is 0 Å². The molecule has 1 unspecified atom stereocenters. The zero-order chi connectivity index (χ0) is 9.61. The zero-order valence-electron chi connectivity index (χ0n) is 7.72. The van der Waals surface area contributed by atoms with Crippen molar-refractivity contribution < 1.29 is 8.42 Å². The van der Waals surface area contributed by atoms with E-state index in [1.807, 2.05) is 0 Å². The van der Waals surface area contributed by atoms with E-state index in [-0.39, 0.29) is 0 Å². The number of halogens is 1. The lowest BCUT2D eigenvalue weighted by atomic mass is 10.0. The molecule has 1 atom stereocenters. The Balaban J connectivity index is 3.83. The Morgan fingerprint density at radius 2 is 1.92 bits per heavy atom. The molecule has 0 saturated heterocycles. The Morgan fingerprint density at radius 1 is 1.33 bits per heavy atom. The zero-order valence-corrected chi connectivity index (χ0v) is 10.7. The first-order valence-corrected chi connectivity index (χ1v) is 8.61. The third-order valence-electron chi connectivity index (χ3n) is 1.98. The Hall–Kier alpha value is 0.680. The largest absolute Gasteiger partial charge is 0.218 e. The summed E-state index contributed by atoms with van der Waals surface area (Å²) in [6, 6.07) is 0. The molecule has 0 N–H and O–H groups in total. The summed E-state index contributed by atoms with van der Waals surface area (Å²) in [6.07, 6.45) is 4.32. The molecule has 0 aromatic rings. The topological polar surface area (TPSA) is 34.1 Å². The normalized spacial score (nSPS) is 14.6. The fourth-order valence-electron chi connectivity index (χ4n) is 1.18. The van der Waals surface area contributed by atoms with Gasteiger partial charge < -0.3 is 0 Å². The van der Waals surface area contributed by atoms with Gasteiger partial charge in [-0.25, -0.2) is 8.42 Å². The maximum atomic E-state index is 11.0. The lowest BCUT2D eigenvalue weighted by Gasteiger charge is -2.11. The van der Waals surface area contributed by atoms with Crippen LogP contribution in [-0.4, -0.2) is 14.2 Å². The standard InChI is InChI=1S/C8H17IO2S/c1-3-5-6-8(4-2)7-12(9,10)11/h8H,3-7H2,1-2H3. The van der Waals surface area contributed by atoms with Gasteiger partial charge in [0, 0.05) is 0 Å². The van der Waals surface area contributed by atoms with Crippen LogP contribution in [-0.2, 0) is 7.01 Å². The van der Waals surface area contributed by atoms with Crippen molar-refractivity contribution in [2.24, 2.45) is 5.92 Å². The van der Waals surface area contributed by atoms with Gasteiger partial charge in [-0.3, -0.25) is 0 Å². The van der Waals surface area contributed by atoms with Crippen molar-refractivity contribution in [1.29, 1.82) is 0 Å². The van der Waals surface area contributed by atoms with Crippen LogP contribution in [0, 0.1) is 5.92 Å². The summed E-state index contributed by atoms with van der Waals surface area (Å²) in [7, 11) is -2.80. The summed E-state index contributed by atoms with van der Waals surface area (Å²) in [5, 5.41) is 0. The Kier molecular flexibility index (Phi) is 6.53.